The second-order valence-corrected chi connectivity index (χ2v) is 4.18. The Labute approximate surface area is 116 Å². The molecule has 7 nitrogen and oxygen atoms in total. The van der Waals surface area contributed by atoms with Crippen molar-refractivity contribution in [3.63, 3.8) is 0 Å². The lowest BCUT2D eigenvalue weighted by Gasteiger charge is -2.10. The summed E-state index contributed by atoms with van der Waals surface area (Å²) in [6, 6.07) is 4.99. The lowest BCUT2D eigenvalue weighted by molar-refractivity contribution is 0.102. The van der Waals surface area contributed by atoms with E-state index in [-0.39, 0.29) is 11.5 Å². The molecule has 0 unspecified atom stereocenters. The van der Waals surface area contributed by atoms with Crippen LogP contribution in [-0.4, -0.2) is 28.2 Å². The van der Waals surface area contributed by atoms with Gasteiger partial charge in [-0.15, -0.1) is 5.10 Å². The molecule has 2 rings (SSSR count). The number of aryl methyl sites for hydroxylation is 2. The molecule has 0 aliphatic carbocycles. The number of nitrogens with two attached hydrogens (primary N) is 1. The van der Waals surface area contributed by atoms with Crippen molar-refractivity contribution in [1.82, 2.24) is 15.2 Å². The number of aromatic nitrogens is 3. The molecule has 1 heterocycles. The largest absolute Gasteiger partial charge is 0.496 e. The quantitative estimate of drug-likeness (QED) is 0.818. The normalized spacial score (nSPS) is 10.2. The first kappa shape index (κ1) is 13.7. The fourth-order valence-electron chi connectivity index (χ4n) is 1.64. The molecule has 0 aliphatic heterocycles. The van der Waals surface area contributed by atoms with Gasteiger partial charge >= 0.3 is 0 Å². The third-order valence-electron chi connectivity index (χ3n) is 2.82. The molecule has 2 aromatic rings. The fourth-order valence-corrected chi connectivity index (χ4v) is 1.64. The Morgan fingerprint density at radius 2 is 2.00 bits per heavy atom. The summed E-state index contributed by atoms with van der Waals surface area (Å²) in [6.07, 6.45) is 0. The zero-order valence-corrected chi connectivity index (χ0v) is 11.5. The summed E-state index contributed by atoms with van der Waals surface area (Å²) in [4.78, 5) is 16.4. The van der Waals surface area contributed by atoms with Crippen LogP contribution in [0.4, 0.5) is 11.6 Å². The molecule has 0 fully saturated rings. The van der Waals surface area contributed by atoms with Crippen molar-refractivity contribution >= 4 is 17.5 Å². The summed E-state index contributed by atoms with van der Waals surface area (Å²) >= 11 is 0. The molecule has 1 amide bonds. The molecule has 0 saturated heterocycles. The number of carbonyl (C=O) groups is 1. The first-order valence-electron chi connectivity index (χ1n) is 5.94. The highest BCUT2D eigenvalue weighted by Crippen LogP contribution is 2.24. The van der Waals surface area contributed by atoms with E-state index in [0.717, 1.165) is 0 Å². The van der Waals surface area contributed by atoms with Crippen molar-refractivity contribution in [2.75, 3.05) is 18.2 Å². The van der Waals surface area contributed by atoms with E-state index in [4.69, 9.17) is 10.5 Å². The van der Waals surface area contributed by atoms with Gasteiger partial charge in [-0.2, -0.15) is 5.10 Å². The minimum atomic E-state index is -0.440. The highest BCUT2D eigenvalue weighted by atomic mass is 16.5. The third kappa shape index (κ3) is 2.66. The van der Waals surface area contributed by atoms with E-state index in [9.17, 15) is 4.79 Å². The number of carbonyl (C=O) groups excluding carboxylic acids is 1. The van der Waals surface area contributed by atoms with Crippen LogP contribution in [0.25, 0.3) is 0 Å². The predicted octanol–water partition coefficient (Wildman–Crippen LogP) is 1.33. The van der Waals surface area contributed by atoms with Crippen molar-refractivity contribution in [2.24, 2.45) is 0 Å². The van der Waals surface area contributed by atoms with E-state index in [0.29, 0.717) is 22.8 Å². The SMILES string of the molecule is COc1cccc(N)c1C(=O)Nc1nnc(C)c(C)n1. The number of hydrogen-bond acceptors (Lipinski definition) is 6. The first-order chi connectivity index (χ1) is 9.52. The molecular formula is C13H15N5O2. The van der Waals surface area contributed by atoms with E-state index in [1.807, 2.05) is 0 Å². The number of hydrogen-bond donors (Lipinski definition) is 2. The number of methoxy groups -OCH3 is 1. The Kier molecular flexibility index (Phi) is 3.79. The zero-order chi connectivity index (χ0) is 14.7. The summed E-state index contributed by atoms with van der Waals surface area (Å²) in [5.41, 5.74) is 7.78. The van der Waals surface area contributed by atoms with Gasteiger partial charge in [0.25, 0.3) is 5.91 Å². The molecule has 1 aromatic carbocycles. The second-order valence-electron chi connectivity index (χ2n) is 4.18. The highest BCUT2D eigenvalue weighted by molar-refractivity contribution is 6.09. The van der Waals surface area contributed by atoms with Gasteiger partial charge in [-0.3, -0.25) is 10.1 Å². The summed E-state index contributed by atoms with van der Waals surface area (Å²) in [7, 11) is 1.47. The van der Waals surface area contributed by atoms with Crippen LogP contribution in [0.5, 0.6) is 5.75 Å². The number of ether oxygens (including phenoxy) is 1. The predicted molar refractivity (Wildman–Crippen MR) is 74.7 cm³/mol. The van der Waals surface area contributed by atoms with Crippen molar-refractivity contribution in [2.45, 2.75) is 13.8 Å². The van der Waals surface area contributed by atoms with Crippen LogP contribution in [0.1, 0.15) is 21.7 Å². The van der Waals surface area contributed by atoms with Gasteiger partial charge in [-0.25, -0.2) is 4.98 Å². The Morgan fingerprint density at radius 3 is 2.65 bits per heavy atom. The third-order valence-corrected chi connectivity index (χ3v) is 2.82. The van der Waals surface area contributed by atoms with Crippen molar-refractivity contribution in [3.8, 4) is 5.75 Å². The Balaban J connectivity index is 2.30. The topological polar surface area (TPSA) is 103 Å². The van der Waals surface area contributed by atoms with Crippen molar-refractivity contribution < 1.29 is 9.53 Å². The van der Waals surface area contributed by atoms with E-state index >= 15 is 0 Å². The van der Waals surface area contributed by atoms with Crippen molar-refractivity contribution in [1.29, 1.82) is 0 Å². The molecule has 0 atom stereocenters. The minimum Gasteiger partial charge on any atom is -0.496 e. The molecule has 3 N–H and O–H groups in total. The Morgan fingerprint density at radius 1 is 1.25 bits per heavy atom. The van der Waals surface area contributed by atoms with Gasteiger partial charge in [0.05, 0.1) is 18.5 Å². The Bertz CT molecular complexity index is 657. The van der Waals surface area contributed by atoms with Gasteiger partial charge < -0.3 is 10.5 Å². The van der Waals surface area contributed by atoms with E-state index in [1.165, 1.54) is 7.11 Å². The number of rotatable bonds is 3. The lowest BCUT2D eigenvalue weighted by atomic mass is 10.1. The molecule has 0 saturated carbocycles. The van der Waals surface area contributed by atoms with Gasteiger partial charge in [0.1, 0.15) is 11.3 Å². The zero-order valence-electron chi connectivity index (χ0n) is 11.5. The standard InChI is InChI=1S/C13H15N5O2/c1-7-8(2)17-18-13(15-7)16-12(19)11-9(14)5-4-6-10(11)20-3/h4-6H,14H2,1-3H3,(H,15,16,18,19). The van der Waals surface area contributed by atoms with E-state index < -0.39 is 5.91 Å². The number of nitrogen functional groups attached to an aromatic ring is 1. The Hall–Kier alpha value is -2.70. The fraction of sp³-hybridized carbons (Fsp3) is 0.231. The van der Waals surface area contributed by atoms with Crippen LogP contribution in [0, 0.1) is 13.8 Å². The summed E-state index contributed by atoms with van der Waals surface area (Å²) in [5, 5.41) is 10.3. The first-order valence-corrected chi connectivity index (χ1v) is 5.94. The molecule has 0 radical (unpaired) electrons. The molecule has 0 bridgehead atoms. The van der Waals surface area contributed by atoms with Crippen LogP contribution in [0.2, 0.25) is 0 Å². The van der Waals surface area contributed by atoms with Gasteiger partial charge in [-0.05, 0) is 26.0 Å². The number of nitrogens with zero attached hydrogens (tertiary/aromatic N) is 3. The maximum Gasteiger partial charge on any atom is 0.263 e. The smallest absolute Gasteiger partial charge is 0.263 e. The highest BCUT2D eigenvalue weighted by Gasteiger charge is 2.17. The average molecular weight is 273 g/mol. The minimum absolute atomic E-state index is 0.128. The number of amides is 1. The monoisotopic (exact) mass is 273 g/mol. The maximum absolute atomic E-state index is 12.2. The number of benzene rings is 1. The summed E-state index contributed by atoms with van der Waals surface area (Å²) in [6.45, 7) is 3.58. The maximum atomic E-state index is 12.2. The van der Waals surface area contributed by atoms with E-state index in [2.05, 4.69) is 20.5 Å². The van der Waals surface area contributed by atoms with E-state index in [1.54, 1.807) is 32.0 Å². The molecule has 1 aromatic heterocycles. The van der Waals surface area contributed by atoms with Crippen LogP contribution in [0.15, 0.2) is 18.2 Å². The molecule has 0 aliphatic rings. The van der Waals surface area contributed by atoms with Crippen LogP contribution < -0.4 is 15.8 Å². The van der Waals surface area contributed by atoms with Gasteiger partial charge in [-0.1, -0.05) is 6.07 Å². The lowest BCUT2D eigenvalue weighted by Crippen LogP contribution is -2.18. The summed E-state index contributed by atoms with van der Waals surface area (Å²) in [5.74, 6) is 0.0766. The molecular weight excluding hydrogens is 258 g/mol. The van der Waals surface area contributed by atoms with Gasteiger partial charge in [0.2, 0.25) is 5.95 Å². The van der Waals surface area contributed by atoms with Gasteiger partial charge in [0.15, 0.2) is 0 Å². The molecule has 0 spiro atoms. The second kappa shape index (κ2) is 5.52. The van der Waals surface area contributed by atoms with Gasteiger partial charge in [0, 0.05) is 5.69 Å². The number of nitrogens with one attached hydrogen (secondary N) is 1. The van der Waals surface area contributed by atoms with Crippen LogP contribution in [-0.2, 0) is 0 Å². The molecule has 104 valence electrons. The van der Waals surface area contributed by atoms with Crippen LogP contribution >= 0.6 is 0 Å². The number of anilines is 2. The molecule has 7 heteroatoms. The average Bonchev–Trinajstić information content (AvgIpc) is 2.42. The summed E-state index contributed by atoms with van der Waals surface area (Å²) < 4.78 is 5.13. The van der Waals surface area contributed by atoms with Crippen molar-refractivity contribution in [3.05, 3.63) is 35.2 Å². The van der Waals surface area contributed by atoms with Crippen LogP contribution in [0.3, 0.4) is 0 Å². The molecule has 20 heavy (non-hydrogen) atoms.